The monoisotopic (exact) mass is 454 g/mol. The molecule has 0 saturated carbocycles. The summed E-state index contributed by atoms with van der Waals surface area (Å²) in [4.78, 5) is 1.71. The molecule has 2 aromatic rings. The third-order valence-electron chi connectivity index (χ3n) is 2.02. The Balaban J connectivity index is 2.35. The van der Waals surface area contributed by atoms with Gasteiger partial charge in [-0.15, -0.1) is 0 Å². The maximum absolute atomic E-state index is 12.3. The molecule has 0 aliphatic heterocycles. The fraction of sp³-hybridized carbons (Fsp3) is 0. The SMILES string of the molecule is [O-][S+](c1cccc(I)c1)c1cccc(I)c1. The highest BCUT2D eigenvalue weighted by Gasteiger charge is 2.14. The van der Waals surface area contributed by atoms with Crippen molar-refractivity contribution in [3.63, 3.8) is 0 Å². The van der Waals surface area contributed by atoms with E-state index >= 15 is 0 Å². The zero-order chi connectivity index (χ0) is 11.5. The molecule has 0 unspecified atom stereocenters. The van der Waals surface area contributed by atoms with Gasteiger partial charge < -0.3 is 4.55 Å². The fourth-order valence-electron chi connectivity index (χ4n) is 1.30. The minimum atomic E-state index is -1.08. The Hall–Kier alpha value is 0.210. The summed E-state index contributed by atoms with van der Waals surface area (Å²) < 4.78 is 14.5. The highest BCUT2D eigenvalue weighted by molar-refractivity contribution is 14.1. The van der Waals surface area contributed by atoms with E-state index in [1.807, 2.05) is 48.5 Å². The van der Waals surface area contributed by atoms with Gasteiger partial charge in [0.05, 0.1) is 0 Å². The summed E-state index contributed by atoms with van der Waals surface area (Å²) >= 11 is 3.38. The van der Waals surface area contributed by atoms with Gasteiger partial charge in [0.1, 0.15) is 0 Å². The lowest BCUT2D eigenvalue weighted by molar-refractivity contribution is 0.595. The van der Waals surface area contributed by atoms with Crippen molar-refractivity contribution < 1.29 is 4.55 Å². The molecule has 16 heavy (non-hydrogen) atoms. The molecule has 0 spiro atoms. The average molecular weight is 454 g/mol. The maximum Gasteiger partial charge on any atom is 0.159 e. The first-order valence-corrected chi connectivity index (χ1v) is 7.90. The van der Waals surface area contributed by atoms with Crippen molar-refractivity contribution in [3.8, 4) is 0 Å². The number of benzene rings is 2. The molecular weight excluding hydrogens is 446 g/mol. The highest BCUT2D eigenvalue weighted by atomic mass is 127. The van der Waals surface area contributed by atoms with Crippen LogP contribution < -0.4 is 0 Å². The molecule has 0 heterocycles. The van der Waals surface area contributed by atoms with E-state index in [9.17, 15) is 4.55 Å². The van der Waals surface area contributed by atoms with Gasteiger partial charge in [-0.2, -0.15) is 0 Å². The van der Waals surface area contributed by atoms with Crippen LogP contribution in [-0.4, -0.2) is 4.55 Å². The standard InChI is InChI=1S/C12H8I2OS/c13-9-3-1-5-11(7-9)16(15)12-6-2-4-10(14)8-12/h1-8H. The molecule has 4 heteroatoms. The predicted octanol–water partition coefficient (Wildman–Crippen LogP) is 4.06. The first-order chi connectivity index (χ1) is 7.66. The Morgan fingerprint density at radius 1 is 0.812 bits per heavy atom. The Labute approximate surface area is 125 Å². The first kappa shape index (κ1) is 12.7. The molecular formula is C12H8I2OS. The second kappa shape index (κ2) is 5.70. The van der Waals surface area contributed by atoms with Crippen LogP contribution in [0.2, 0.25) is 0 Å². The van der Waals surface area contributed by atoms with Gasteiger partial charge in [-0.3, -0.25) is 0 Å². The summed E-state index contributed by atoms with van der Waals surface area (Å²) in [6.07, 6.45) is 0. The van der Waals surface area contributed by atoms with Crippen molar-refractivity contribution in [2.75, 3.05) is 0 Å². The Kier molecular flexibility index (Phi) is 4.51. The van der Waals surface area contributed by atoms with Gasteiger partial charge in [0.25, 0.3) is 0 Å². The van der Waals surface area contributed by atoms with Crippen LogP contribution in [0.3, 0.4) is 0 Å². The van der Waals surface area contributed by atoms with Crippen LogP contribution in [0.4, 0.5) is 0 Å². The van der Waals surface area contributed by atoms with Crippen molar-refractivity contribution in [2.45, 2.75) is 9.79 Å². The third kappa shape index (κ3) is 3.12. The van der Waals surface area contributed by atoms with Gasteiger partial charge in [0.15, 0.2) is 9.79 Å². The number of hydrogen-bond acceptors (Lipinski definition) is 1. The molecule has 0 atom stereocenters. The van der Waals surface area contributed by atoms with E-state index in [2.05, 4.69) is 45.2 Å². The van der Waals surface area contributed by atoms with E-state index in [0.29, 0.717) is 0 Å². The van der Waals surface area contributed by atoms with Crippen molar-refractivity contribution in [2.24, 2.45) is 0 Å². The van der Waals surface area contributed by atoms with Crippen LogP contribution in [0.25, 0.3) is 0 Å². The molecule has 1 nitrogen and oxygen atoms in total. The Morgan fingerprint density at radius 3 is 1.62 bits per heavy atom. The summed E-state index contributed by atoms with van der Waals surface area (Å²) in [5.74, 6) is 0. The van der Waals surface area contributed by atoms with Crippen LogP contribution >= 0.6 is 45.2 Å². The van der Waals surface area contributed by atoms with E-state index < -0.39 is 11.2 Å². The lowest BCUT2D eigenvalue weighted by Crippen LogP contribution is -2.02. The predicted molar refractivity (Wildman–Crippen MR) is 83.0 cm³/mol. The van der Waals surface area contributed by atoms with Gasteiger partial charge >= 0.3 is 0 Å². The molecule has 0 fully saturated rings. The maximum atomic E-state index is 12.3. The van der Waals surface area contributed by atoms with Gasteiger partial charge in [-0.05, 0) is 69.4 Å². The average Bonchev–Trinajstić information content (AvgIpc) is 2.28. The topological polar surface area (TPSA) is 23.1 Å². The molecule has 0 aliphatic carbocycles. The van der Waals surface area contributed by atoms with Crippen molar-refractivity contribution in [1.82, 2.24) is 0 Å². The van der Waals surface area contributed by atoms with E-state index in [1.165, 1.54) is 0 Å². The van der Waals surface area contributed by atoms with Gasteiger partial charge in [0.2, 0.25) is 0 Å². The van der Waals surface area contributed by atoms with Gasteiger partial charge in [-0.1, -0.05) is 12.1 Å². The van der Waals surface area contributed by atoms with Crippen molar-refractivity contribution in [1.29, 1.82) is 0 Å². The highest BCUT2D eigenvalue weighted by Crippen LogP contribution is 2.23. The normalized spacial score (nSPS) is 10.8. The Morgan fingerprint density at radius 2 is 1.25 bits per heavy atom. The summed E-state index contributed by atoms with van der Waals surface area (Å²) in [5, 5.41) is 0. The zero-order valence-corrected chi connectivity index (χ0v) is 13.3. The van der Waals surface area contributed by atoms with Gasteiger partial charge in [0, 0.05) is 30.4 Å². The Bertz CT molecular complexity index is 456. The quantitative estimate of drug-likeness (QED) is 0.496. The van der Waals surface area contributed by atoms with E-state index in [0.717, 1.165) is 16.9 Å². The third-order valence-corrected chi connectivity index (χ3v) is 4.73. The summed E-state index contributed by atoms with van der Waals surface area (Å²) in [6.45, 7) is 0. The molecule has 0 bridgehead atoms. The smallest absolute Gasteiger partial charge is 0.159 e. The van der Waals surface area contributed by atoms with Crippen LogP contribution in [-0.2, 0) is 11.2 Å². The van der Waals surface area contributed by atoms with E-state index in [4.69, 9.17) is 0 Å². The molecule has 82 valence electrons. The largest absolute Gasteiger partial charge is 0.606 e. The number of halogens is 2. The summed E-state index contributed by atoms with van der Waals surface area (Å²) in [7, 11) is 0. The molecule has 2 rings (SSSR count). The molecule has 0 aromatic heterocycles. The zero-order valence-electron chi connectivity index (χ0n) is 8.19. The lowest BCUT2D eigenvalue weighted by atomic mass is 10.4. The van der Waals surface area contributed by atoms with E-state index in [-0.39, 0.29) is 0 Å². The summed E-state index contributed by atoms with van der Waals surface area (Å²) in [5.41, 5.74) is 0. The molecule has 0 amide bonds. The van der Waals surface area contributed by atoms with Crippen LogP contribution in [0, 0.1) is 7.14 Å². The number of rotatable bonds is 2. The first-order valence-electron chi connectivity index (χ1n) is 4.60. The minimum absolute atomic E-state index is 0.855. The molecule has 2 aromatic carbocycles. The fourth-order valence-corrected chi connectivity index (χ4v) is 3.95. The second-order valence-corrected chi connectivity index (χ2v) is 7.16. The molecule has 0 aliphatic rings. The second-order valence-electron chi connectivity index (χ2n) is 3.18. The molecule has 0 N–H and O–H groups in total. The lowest BCUT2D eigenvalue weighted by Gasteiger charge is -2.10. The van der Waals surface area contributed by atoms with Crippen LogP contribution in [0.5, 0.6) is 0 Å². The molecule has 0 saturated heterocycles. The molecule has 0 radical (unpaired) electrons. The van der Waals surface area contributed by atoms with Crippen molar-refractivity contribution in [3.05, 3.63) is 55.7 Å². The van der Waals surface area contributed by atoms with Gasteiger partial charge in [-0.25, -0.2) is 0 Å². The van der Waals surface area contributed by atoms with Crippen LogP contribution in [0.15, 0.2) is 58.3 Å². The van der Waals surface area contributed by atoms with E-state index in [1.54, 1.807) is 0 Å². The van der Waals surface area contributed by atoms with Crippen LogP contribution in [0.1, 0.15) is 0 Å². The van der Waals surface area contributed by atoms with Crippen molar-refractivity contribution >= 4 is 56.4 Å². The summed E-state index contributed by atoms with van der Waals surface area (Å²) in [6, 6.07) is 15.6. The number of hydrogen-bond donors (Lipinski definition) is 0. The minimum Gasteiger partial charge on any atom is -0.606 e.